The number of likely N-dealkylation sites (N-methyl/N-ethyl adjacent to an activating group) is 1. The molecule has 1 fully saturated rings. The fourth-order valence-electron chi connectivity index (χ4n) is 4.06. The molecule has 2 aliphatic rings. The summed E-state index contributed by atoms with van der Waals surface area (Å²) in [6.45, 7) is 1.62. The minimum absolute atomic E-state index is 0.0693. The molecular weight excluding hydrogens is 338 g/mol. The van der Waals surface area contributed by atoms with Crippen molar-refractivity contribution in [3.63, 3.8) is 0 Å². The first-order valence-corrected chi connectivity index (χ1v) is 9.63. The lowest BCUT2D eigenvalue weighted by Crippen LogP contribution is -2.60. The van der Waals surface area contributed by atoms with Crippen LogP contribution in [-0.4, -0.2) is 51.6 Å². The van der Waals surface area contributed by atoms with Crippen LogP contribution in [0.2, 0.25) is 0 Å². The molecule has 3 aromatic rings. The molecule has 0 N–H and O–H groups in total. The van der Waals surface area contributed by atoms with Gasteiger partial charge in [-0.05, 0) is 55.5 Å². The van der Waals surface area contributed by atoms with Crippen LogP contribution in [0.25, 0.3) is 5.52 Å². The highest BCUT2D eigenvalue weighted by Gasteiger charge is 2.34. The second-order valence-electron chi connectivity index (χ2n) is 7.62. The first-order valence-electron chi connectivity index (χ1n) is 9.63. The molecule has 1 aliphatic carbocycles. The highest BCUT2D eigenvalue weighted by molar-refractivity contribution is 5.95. The number of hydrogen-bond acceptors (Lipinski definition) is 4. The molecule has 138 valence electrons. The topological polar surface area (TPSA) is 53.7 Å². The molecule has 6 heteroatoms. The third-order valence-electron chi connectivity index (χ3n) is 5.86. The Morgan fingerprint density at radius 1 is 1.15 bits per heavy atom. The summed E-state index contributed by atoms with van der Waals surface area (Å²) in [7, 11) is 1.89. The fourth-order valence-corrected chi connectivity index (χ4v) is 4.06. The van der Waals surface area contributed by atoms with Gasteiger partial charge < -0.3 is 14.2 Å². The summed E-state index contributed by atoms with van der Waals surface area (Å²) in [6.07, 6.45) is 8.48. The first kappa shape index (κ1) is 16.3. The number of rotatable bonds is 3. The summed E-state index contributed by atoms with van der Waals surface area (Å²) >= 11 is 0. The van der Waals surface area contributed by atoms with Crippen LogP contribution in [0.15, 0.2) is 42.7 Å². The lowest BCUT2D eigenvalue weighted by Gasteiger charge is -2.44. The number of aromatic nitrogens is 3. The second-order valence-corrected chi connectivity index (χ2v) is 7.62. The Hall–Kier alpha value is -2.89. The summed E-state index contributed by atoms with van der Waals surface area (Å²) in [6, 6.07) is 10.3. The van der Waals surface area contributed by atoms with Gasteiger partial charge in [0.25, 0.3) is 5.91 Å². The Morgan fingerprint density at radius 3 is 2.85 bits per heavy atom. The van der Waals surface area contributed by atoms with Crippen LogP contribution >= 0.6 is 0 Å². The zero-order valence-electron chi connectivity index (χ0n) is 15.5. The quantitative estimate of drug-likeness (QED) is 0.719. The molecule has 27 heavy (non-hydrogen) atoms. The molecule has 1 amide bonds. The van der Waals surface area contributed by atoms with Crippen LogP contribution in [0.3, 0.4) is 0 Å². The van der Waals surface area contributed by atoms with Crippen LogP contribution in [0, 0.1) is 0 Å². The summed E-state index contributed by atoms with van der Waals surface area (Å²) in [5, 5.41) is 8.83. The van der Waals surface area contributed by atoms with E-state index in [9.17, 15) is 4.79 Å². The zero-order valence-corrected chi connectivity index (χ0v) is 15.5. The predicted octanol–water partition coefficient (Wildman–Crippen LogP) is 2.57. The molecule has 0 unspecified atom stereocenters. The molecule has 1 saturated heterocycles. The maximum Gasteiger partial charge on any atom is 0.255 e. The minimum atomic E-state index is 0.0693. The highest BCUT2D eigenvalue weighted by atomic mass is 16.2. The Morgan fingerprint density at radius 2 is 2.00 bits per heavy atom. The molecule has 5 rings (SSSR count). The molecule has 0 atom stereocenters. The summed E-state index contributed by atoms with van der Waals surface area (Å²) in [5.74, 6) is 1.02. The van der Waals surface area contributed by atoms with E-state index in [1.165, 1.54) is 18.4 Å². The van der Waals surface area contributed by atoms with Gasteiger partial charge in [0.1, 0.15) is 0 Å². The van der Waals surface area contributed by atoms with Crippen LogP contribution < -0.4 is 4.90 Å². The molecule has 1 aliphatic heterocycles. The van der Waals surface area contributed by atoms with Crippen LogP contribution in [0.4, 0.5) is 5.82 Å². The van der Waals surface area contributed by atoms with Crippen molar-refractivity contribution in [1.29, 1.82) is 0 Å². The highest BCUT2D eigenvalue weighted by Crippen LogP contribution is 2.26. The Kier molecular flexibility index (Phi) is 3.85. The van der Waals surface area contributed by atoms with E-state index in [4.69, 9.17) is 0 Å². The van der Waals surface area contributed by atoms with Crippen LogP contribution in [0.1, 0.15) is 34.5 Å². The van der Waals surface area contributed by atoms with Crippen LogP contribution in [-0.2, 0) is 12.8 Å². The van der Waals surface area contributed by atoms with E-state index in [0.29, 0.717) is 0 Å². The second kappa shape index (κ2) is 6.37. The maximum atomic E-state index is 12.8. The number of amides is 1. The summed E-state index contributed by atoms with van der Waals surface area (Å²) in [5.41, 5.74) is 4.28. The Bertz CT molecular complexity index is 972. The van der Waals surface area contributed by atoms with Crippen molar-refractivity contribution in [1.82, 2.24) is 19.5 Å². The van der Waals surface area contributed by atoms with Gasteiger partial charge in [0.05, 0.1) is 17.3 Å². The fraction of sp³-hybridized carbons (Fsp3) is 0.381. The molecular formula is C21H23N5O. The van der Waals surface area contributed by atoms with E-state index >= 15 is 0 Å². The molecule has 0 spiro atoms. The van der Waals surface area contributed by atoms with Crippen LogP contribution in [0.5, 0.6) is 0 Å². The molecule has 3 aromatic heterocycles. The smallest absolute Gasteiger partial charge is 0.255 e. The molecule has 0 saturated carbocycles. The largest absolute Gasteiger partial charge is 0.351 e. The van der Waals surface area contributed by atoms with Gasteiger partial charge in [0, 0.05) is 38.0 Å². The SMILES string of the molecule is CN(C(=O)c1cc2ccccn2c1)C1CN(c2cc3c(nn2)CCCC3)C1. The van der Waals surface area contributed by atoms with E-state index in [2.05, 4.69) is 21.2 Å². The Labute approximate surface area is 158 Å². The van der Waals surface area contributed by atoms with Gasteiger partial charge in [-0.2, -0.15) is 5.10 Å². The van der Waals surface area contributed by atoms with Crippen molar-refractivity contribution in [3.8, 4) is 0 Å². The number of nitrogens with zero attached hydrogens (tertiary/aromatic N) is 5. The van der Waals surface area contributed by atoms with E-state index < -0.39 is 0 Å². The molecule has 6 nitrogen and oxygen atoms in total. The van der Waals surface area contributed by atoms with E-state index in [1.807, 2.05) is 53.0 Å². The average Bonchev–Trinajstić information content (AvgIpc) is 3.10. The molecule has 0 aromatic carbocycles. The van der Waals surface area contributed by atoms with Gasteiger partial charge in [-0.3, -0.25) is 4.79 Å². The van der Waals surface area contributed by atoms with Gasteiger partial charge in [-0.1, -0.05) is 6.07 Å². The van der Waals surface area contributed by atoms with E-state index in [-0.39, 0.29) is 11.9 Å². The van der Waals surface area contributed by atoms with Gasteiger partial charge in [-0.25, -0.2) is 0 Å². The standard InChI is InChI=1S/C21H23N5O/c1-24(21(27)16-10-17-7-4-5-9-25(17)12-16)18-13-26(14-18)20-11-15-6-2-3-8-19(15)22-23-20/h4-5,7,9-12,18H,2-3,6,8,13-14H2,1H3. The van der Waals surface area contributed by atoms with Crippen molar-refractivity contribution in [3.05, 3.63) is 59.5 Å². The van der Waals surface area contributed by atoms with Crippen molar-refractivity contribution in [2.75, 3.05) is 25.0 Å². The Balaban J connectivity index is 1.26. The van der Waals surface area contributed by atoms with E-state index in [1.54, 1.807) is 0 Å². The average molecular weight is 361 g/mol. The van der Waals surface area contributed by atoms with Crippen molar-refractivity contribution in [2.24, 2.45) is 0 Å². The number of carbonyl (C=O) groups excluding carboxylic acids is 1. The van der Waals surface area contributed by atoms with Crippen molar-refractivity contribution in [2.45, 2.75) is 31.7 Å². The molecule has 4 heterocycles. The predicted molar refractivity (Wildman–Crippen MR) is 104 cm³/mol. The number of fused-ring (bicyclic) bond motifs is 2. The summed E-state index contributed by atoms with van der Waals surface area (Å²) in [4.78, 5) is 16.9. The van der Waals surface area contributed by atoms with Gasteiger partial charge in [-0.15, -0.1) is 5.10 Å². The van der Waals surface area contributed by atoms with E-state index in [0.717, 1.165) is 48.5 Å². The van der Waals surface area contributed by atoms with Gasteiger partial charge in [0.2, 0.25) is 0 Å². The molecule has 0 bridgehead atoms. The van der Waals surface area contributed by atoms with Crippen molar-refractivity contribution >= 4 is 17.2 Å². The number of anilines is 1. The number of aryl methyl sites for hydroxylation is 2. The lowest BCUT2D eigenvalue weighted by atomic mass is 9.96. The number of hydrogen-bond donors (Lipinski definition) is 0. The van der Waals surface area contributed by atoms with Gasteiger partial charge >= 0.3 is 0 Å². The molecule has 0 radical (unpaired) electrons. The monoisotopic (exact) mass is 361 g/mol. The summed E-state index contributed by atoms with van der Waals surface area (Å²) < 4.78 is 1.98. The van der Waals surface area contributed by atoms with Gasteiger partial charge in [0.15, 0.2) is 5.82 Å². The lowest BCUT2D eigenvalue weighted by molar-refractivity contribution is 0.0705. The normalized spacial score (nSPS) is 16.9. The number of pyridine rings is 1. The number of carbonyl (C=O) groups is 1. The zero-order chi connectivity index (χ0) is 18.4. The third-order valence-corrected chi connectivity index (χ3v) is 5.86. The maximum absolute atomic E-state index is 12.8. The first-order chi connectivity index (χ1) is 13.2. The third kappa shape index (κ3) is 2.85. The minimum Gasteiger partial charge on any atom is -0.351 e. The van der Waals surface area contributed by atoms with Crippen molar-refractivity contribution < 1.29 is 4.79 Å².